The summed E-state index contributed by atoms with van der Waals surface area (Å²) in [7, 11) is 1.27. The maximum Gasteiger partial charge on any atom is 0.408 e. The molecule has 1 saturated heterocycles. The van der Waals surface area contributed by atoms with E-state index in [0.29, 0.717) is 11.3 Å². The molecule has 0 N–H and O–H groups in total. The molecule has 1 aliphatic heterocycles. The maximum absolute atomic E-state index is 12.5. The van der Waals surface area contributed by atoms with Crippen molar-refractivity contribution < 1.29 is 32.2 Å². The van der Waals surface area contributed by atoms with Crippen molar-refractivity contribution in [1.29, 1.82) is 0 Å². The zero-order valence-electron chi connectivity index (χ0n) is 13.2. The summed E-state index contributed by atoms with van der Waals surface area (Å²) < 4.78 is 54.0. The summed E-state index contributed by atoms with van der Waals surface area (Å²) in [5, 5.41) is 3.66. The number of alkyl halides is 3. The first-order valence-corrected chi connectivity index (χ1v) is 7.41. The van der Waals surface area contributed by atoms with Crippen LogP contribution in [0.1, 0.15) is 17.4 Å². The molecule has 0 saturated carbocycles. The molecule has 1 fully saturated rings. The summed E-state index contributed by atoms with van der Waals surface area (Å²) in [6.45, 7) is -1.28. The molecule has 9 heteroatoms. The van der Waals surface area contributed by atoms with Crippen molar-refractivity contribution in [2.45, 2.75) is 31.5 Å². The number of benzene rings is 1. The van der Waals surface area contributed by atoms with Crippen molar-refractivity contribution in [2.75, 3.05) is 7.11 Å². The number of carbonyl (C=O) groups excluding carboxylic acids is 1. The number of ether oxygens (including phenoxy) is 3. The minimum absolute atomic E-state index is 0.0945. The van der Waals surface area contributed by atoms with Gasteiger partial charge in [-0.25, -0.2) is 4.79 Å². The van der Waals surface area contributed by atoms with E-state index in [4.69, 9.17) is 9.47 Å². The predicted octanol–water partition coefficient (Wildman–Crippen LogP) is 2.64. The van der Waals surface area contributed by atoms with E-state index in [0.717, 1.165) is 4.68 Å². The van der Waals surface area contributed by atoms with Crippen LogP contribution in [0.3, 0.4) is 0 Å². The van der Waals surface area contributed by atoms with Gasteiger partial charge in [0.15, 0.2) is 6.10 Å². The standard InChI is InChI=1S/C16H15F3N2O4/c1-23-15(22)14-13(25-14)11-4-2-3-5-12(11)24-8-10-6-7-20-21(10)9-16(17,18)19/h2-7,13-14H,8-9H2,1H3. The Morgan fingerprint density at radius 1 is 1.32 bits per heavy atom. The van der Waals surface area contributed by atoms with E-state index in [1.54, 1.807) is 24.3 Å². The number of aromatic nitrogens is 2. The average molecular weight is 356 g/mol. The van der Waals surface area contributed by atoms with Crippen molar-refractivity contribution in [2.24, 2.45) is 0 Å². The van der Waals surface area contributed by atoms with Crippen molar-refractivity contribution in [3.8, 4) is 5.75 Å². The number of hydrogen-bond donors (Lipinski definition) is 0. The molecule has 0 amide bonds. The Kier molecular flexibility index (Phi) is 4.67. The third-order valence-corrected chi connectivity index (χ3v) is 3.66. The van der Waals surface area contributed by atoms with Gasteiger partial charge < -0.3 is 14.2 Å². The molecule has 0 spiro atoms. The van der Waals surface area contributed by atoms with E-state index >= 15 is 0 Å². The maximum atomic E-state index is 12.5. The average Bonchev–Trinajstić information content (AvgIpc) is 3.25. The Morgan fingerprint density at radius 3 is 2.80 bits per heavy atom. The lowest BCUT2D eigenvalue weighted by molar-refractivity contribution is -0.143. The Hall–Kier alpha value is -2.55. The highest BCUT2D eigenvalue weighted by atomic mass is 19.4. The van der Waals surface area contributed by atoms with E-state index in [1.165, 1.54) is 19.4 Å². The molecule has 6 nitrogen and oxygen atoms in total. The van der Waals surface area contributed by atoms with Gasteiger partial charge in [-0.05, 0) is 12.1 Å². The van der Waals surface area contributed by atoms with Crippen LogP contribution in [0, 0.1) is 0 Å². The van der Waals surface area contributed by atoms with Gasteiger partial charge in [0.1, 0.15) is 25.0 Å². The van der Waals surface area contributed by atoms with Gasteiger partial charge >= 0.3 is 12.1 Å². The Balaban J connectivity index is 1.69. The molecule has 2 heterocycles. The third-order valence-electron chi connectivity index (χ3n) is 3.66. The number of hydrogen-bond acceptors (Lipinski definition) is 5. The zero-order valence-corrected chi connectivity index (χ0v) is 13.2. The smallest absolute Gasteiger partial charge is 0.408 e. The first-order valence-electron chi connectivity index (χ1n) is 7.41. The first-order chi connectivity index (χ1) is 11.9. The van der Waals surface area contributed by atoms with Gasteiger partial charge in [0.25, 0.3) is 0 Å². The van der Waals surface area contributed by atoms with Crippen LogP contribution in [-0.2, 0) is 27.4 Å². The molecule has 1 aliphatic rings. The van der Waals surface area contributed by atoms with Gasteiger partial charge in [0.2, 0.25) is 0 Å². The van der Waals surface area contributed by atoms with Gasteiger partial charge in [-0.15, -0.1) is 0 Å². The van der Waals surface area contributed by atoms with E-state index in [2.05, 4.69) is 9.84 Å². The monoisotopic (exact) mass is 356 g/mol. The lowest BCUT2D eigenvalue weighted by Crippen LogP contribution is -2.21. The molecule has 2 aromatic rings. The number of methoxy groups -OCH3 is 1. The molecule has 2 atom stereocenters. The lowest BCUT2D eigenvalue weighted by atomic mass is 10.1. The fraction of sp³-hybridized carbons (Fsp3) is 0.375. The van der Waals surface area contributed by atoms with Gasteiger partial charge in [-0.1, -0.05) is 18.2 Å². The third kappa shape index (κ3) is 4.11. The summed E-state index contributed by atoms with van der Waals surface area (Å²) in [5.74, 6) is -0.0540. The number of epoxide rings is 1. The van der Waals surface area contributed by atoms with E-state index < -0.39 is 30.9 Å². The second-order valence-electron chi connectivity index (χ2n) is 5.42. The number of rotatable bonds is 6. The summed E-state index contributed by atoms with van der Waals surface area (Å²) in [6, 6.07) is 8.33. The van der Waals surface area contributed by atoms with Crippen LogP contribution in [0.25, 0.3) is 0 Å². The molecule has 1 aromatic carbocycles. The Morgan fingerprint density at radius 2 is 2.08 bits per heavy atom. The zero-order chi connectivity index (χ0) is 18.0. The minimum Gasteiger partial charge on any atom is -0.487 e. The summed E-state index contributed by atoms with van der Waals surface area (Å²) in [6.07, 6.45) is -4.25. The molecular formula is C16H15F3N2O4. The number of carbonyl (C=O) groups is 1. The van der Waals surface area contributed by atoms with Crippen molar-refractivity contribution >= 4 is 5.97 Å². The molecule has 3 rings (SSSR count). The van der Waals surface area contributed by atoms with Crippen LogP contribution in [-0.4, -0.2) is 35.1 Å². The van der Waals surface area contributed by atoms with Crippen LogP contribution in [0.5, 0.6) is 5.75 Å². The van der Waals surface area contributed by atoms with Crippen LogP contribution < -0.4 is 4.74 Å². The largest absolute Gasteiger partial charge is 0.487 e. The summed E-state index contributed by atoms with van der Waals surface area (Å²) in [5.41, 5.74) is 0.924. The molecule has 0 aliphatic carbocycles. The summed E-state index contributed by atoms with van der Waals surface area (Å²) in [4.78, 5) is 11.5. The van der Waals surface area contributed by atoms with Gasteiger partial charge in [-0.2, -0.15) is 18.3 Å². The number of esters is 1. The number of halogens is 3. The van der Waals surface area contributed by atoms with Crippen molar-refractivity contribution in [3.05, 3.63) is 47.8 Å². The molecule has 134 valence electrons. The molecule has 2 unspecified atom stereocenters. The second kappa shape index (κ2) is 6.75. The fourth-order valence-electron chi connectivity index (χ4n) is 2.44. The van der Waals surface area contributed by atoms with Gasteiger partial charge in [0.05, 0.1) is 12.8 Å². The van der Waals surface area contributed by atoms with E-state index in [-0.39, 0.29) is 12.3 Å². The van der Waals surface area contributed by atoms with Crippen LogP contribution in [0.2, 0.25) is 0 Å². The highest BCUT2D eigenvalue weighted by Gasteiger charge is 2.48. The first kappa shape index (κ1) is 17.3. The van der Waals surface area contributed by atoms with Crippen molar-refractivity contribution in [3.63, 3.8) is 0 Å². The molecule has 0 radical (unpaired) electrons. The molecular weight excluding hydrogens is 341 g/mol. The molecule has 0 bridgehead atoms. The van der Waals surface area contributed by atoms with Gasteiger partial charge in [-0.3, -0.25) is 4.68 Å². The van der Waals surface area contributed by atoms with Crippen LogP contribution in [0.4, 0.5) is 13.2 Å². The SMILES string of the molecule is COC(=O)C1OC1c1ccccc1OCc1ccnn1CC(F)(F)F. The highest BCUT2D eigenvalue weighted by Crippen LogP contribution is 2.43. The second-order valence-corrected chi connectivity index (χ2v) is 5.42. The van der Waals surface area contributed by atoms with Crippen LogP contribution in [0.15, 0.2) is 36.5 Å². The van der Waals surface area contributed by atoms with E-state index in [9.17, 15) is 18.0 Å². The predicted molar refractivity (Wildman–Crippen MR) is 78.7 cm³/mol. The highest BCUT2D eigenvalue weighted by molar-refractivity contribution is 5.78. The lowest BCUT2D eigenvalue weighted by Gasteiger charge is -2.13. The summed E-state index contributed by atoms with van der Waals surface area (Å²) >= 11 is 0. The Bertz CT molecular complexity index is 760. The minimum atomic E-state index is -4.37. The fourth-order valence-corrected chi connectivity index (χ4v) is 2.44. The molecule has 25 heavy (non-hydrogen) atoms. The Labute approximate surface area is 141 Å². The van der Waals surface area contributed by atoms with Gasteiger partial charge in [0, 0.05) is 11.8 Å². The van der Waals surface area contributed by atoms with Crippen LogP contribution >= 0.6 is 0 Å². The topological polar surface area (TPSA) is 65.9 Å². The quantitative estimate of drug-likeness (QED) is 0.588. The normalized spacial score (nSPS) is 19.5. The van der Waals surface area contributed by atoms with Crippen molar-refractivity contribution in [1.82, 2.24) is 9.78 Å². The van der Waals surface area contributed by atoms with E-state index in [1.807, 2.05) is 0 Å². The number of nitrogens with zero attached hydrogens (tertiary/aromatic N) is 2. The number of para-hydroxylation sites is 1. The molecule has 1 aromatic heterocycles.